The monoisotopic (exact) mass is 323 g/mol. The Balaban J connectivity index is 1.96. The van der Waals surface area contributed by atoms with E-state index in [0.717, 1.165) is 16.3 Å². The highest BCUT2D eigenvalue weighted by molar-refractivity contribution is 7.13. The summed E-state index contributed by atoms with van der Waals surface area (Å²) in [7, 11) is 1.54. The van der Waals surface area contributed by atoms with E-state index in [0.29, 0.717) is 13.1 Å². The molecule has 8 heteroatoms. The van der Waals surface area contributed by atoms with Crippen LogP contribution in [0.3, 0.4) is 0 Å². The summed E-state index contributed by atoms with van der Waals surface area (Å²) in [5.74, 6) is 0. The van der Waals surface area contributed by atoms with Gasteiger partial charge < -0.3 is 15.2 Å². The van der Waals surface area contributed by atoms with Gasteiger partial charge in [-0.25, -0.2) is 4.98 Å². The van der Waals surface area contributed by atoms with E-state index in [2.05, 4.69) is 10.3 Å². The van der Waals surface area contributed by atoms with Gasteiger partial charge in [-0.1, -0.05) is 12.1 Å². The molecule has 0 aliphatic heterocycles. The number of benzene rings is 1. The molecular formula is C14H17N3O4S. The number of rotatable bonds is 8. The number of nitro benzene ring substituents is 1. The lowest BCUT2D eigenvalue weighted by molar-refractivity contribution is -0.384. The second-order valence-electron chi connectivity index (χ2n) is 4.69. The maximum absolute atomic E-state index is 10.8. The number of nitrogens with zero attached hydrogens (tertiary/aromatic N) is 2. The highest BCUT2D eigenvalue weighted by Gasteiger charge is 2.10. The molecule has 7 nitrogen and oxygen atoms in total. The molecule has 22 heavy (non-hydrogen) atoms. The van der Waals surface area contributed by atoms with Crippen LogP contribution >= 0.6 is 11.3 Å². The molecule has 0 saturated heterocycles. The number of aliphatic hydroxyl groups excluding tert-OH is 1. The fourth-order valence-corrected chi connectivity index (χ4v) is 2.71. The first-order valence-corrected chi connectivity index (χ1v) is 7.55. The number of nitro groups is 1. The van der Waals surface area contributed by atoms with Crippen LogP contribution in [-0.2, 0) is 11.3 Å². The van der Waals surface area contributed by atoms with Gasteiger partial charge in [0, 0.05) is 43.3 Å². The normalized spacial score (nSPS) is 12.3. The van der Waals surface area contributed by atoms with Gasteiger partial charge in [0.1, 0.15) is 5.01 Å². The number of aromatic nitrogens is 1. The smallest absolute Gasteiger partial charge is 0.270 e. The van der Waals surface area contributed by atoms with Crippen LogP contribution in [0.15, 0.2) is 29.6 Å². The predicted molar refractivity (Wildman–Crippen MR) is 83.8 cm³/mol. The molecule has 0 aliphatic rings. The van der Waals surface area contributed by atoms with Crippen molar-refractivity contribution in [2.45, 2.75) is 12.6 Å². The van der Waals surface area contributed by atoms with E-state index in [1.165, 1.54) is 30.6 Å². The number of nitrogens with one attached hydrogen (secondary N) is 1. The summed E-state index contributed by atoms with van der Waals surface area (Å²) < 4.78 is 4.84. The van der Waals surface area contributed by atoms with Crippen molar-refractivity contribution in [3.8, 4) is 10.6 Å². The Labute approximate surface area is 131 Å². The van der Waals surface area contributed by atoms with Gasteiger partial charge in [-0.15, -0.1) is 11.3 Å². The van der Waals surface area contributed by atoms with Crippen LogP contribution in [-0.4, -0.2) is 41.4 Å². The Bertz CT molecular complexity index is 632. The van der Waals surface area contributed by atoms with Crippen LogP contribution < -0.4 is 5.32 Å². The molecule has 0 saturated carbocycles. The number of hydrogen-bond donors (Lipinski definition) is 2. The Morgan fingerprint density at radius 3 is 3.09 bits per heavy atom. The summed E-state index contributed by atoms with van der Waals surface area (Å²) in [6, 6.07) is 6.41. The second kappa shape index (κ2) is 7.95. The summed E-state index contributed by atoms with van der Waals surface area (Å²) in [5, 5.41) is 26.0. The molecule has 1 unspecified atom stereocenters. The van der Waals surface area contributed by atoms with Gasteiger partial charge in [0.05, 0.1) is 23.3 Å². The zero-order valence-corrected chi connectivity index (χ0v) is 12.9. The molecule has 0 spiro atoms. The lowest BCUT2D eigenvalue weighted by atomic mass is 10.2. The van der Waals surface area contributed by atoms with Crippen molar-refractivity contribution in [3.05, 3.63) is 45.5 Å². The average molecular weight is 323 g/mol. The third-order valence-electron chi connectivity index (χ3n) is 2.90. The van der Waals surface area contributed by atoms with Crippen molar-refractivity contribution >= 4 is 17.0 Å². The average Bonchev–Trinajstić information content (AvgIpc) is 2.96. The lowest BCUT2D eigenvalue weighted by Crippen LogP contribution is -2.29. The second-order valence-corrected chi connectivity index (χ2v) is 5.55. The molecular weight excluding hydrogens is 306 g/mol. The van der Waals surface area contributed by atoms with Crippen LogP contribution in [0.5, 0.6) is 0 Å². The molecule has 0 aliphatic carbocycles. The Kier molecular flexibility index (Phi) is 5.96. The largest absolute Gasteiger partial charge is 0.389 e. The van der Waals surface area contributed by atoms with Crippen LogP contribution in [0.1, 0.15) is 5.69 Å². The minimum Gasteiger partial charge on any atom is -0.389 e. The summed E-state index contributed by atoms with van der Waals surface area (Å²) in [6.07, 6.45) is -0.556. The van der Waals surface area contributed by atoms with Gasteiger partial charge in [-0.2, -0.15) is 0 Å². The molecule has 2 aromatic rings. The predicted octanol–water partition coefficient (Wildman–Crippen LogP) is 1.82. The molecule has 0 bridgehead atoms. The van der Waals surface area contributed by atoms with Crippen molar-refractivity contribution < 1.29 is 14.8 Å². The number of hydrogen-bond acceptors (Lipinski definition) is 7. The maximum atomic E-state index is 10.8. The lowest BCUT2D eigenvalue weighted by Gasteiger charge is -2.09. The van der Waals surface area contributed by atoms with Gasteiger partial charge >= 0.3 is 0 Å². The van der Waals surface area contributed by atoms with Crippen LogP contribution in [0.2, 0.25) is 0 Å². The summed E-state index contributed by atoms with van der Waals surface area (Å²) in [4.78, 5) is 14.8. The van der Waals surface area contributed by atoms with E-state index in [9.17, 15) is 15.2 Å². The summed E-state index contributed by atoms with van der Waals surface area (Å²) in [6.45, 7) is 1.21. The molecule has 0 radical (unpaired) electrons. The number of aliphatic hydroxyl groups is 1. The molecule has 0 amide bonds. The minimum atomic E-state index is -0.556. The Morgan fingerprint density at radius 2 is 2.36 bits per heavy atom. The maximum Gasteiger partial charge on any atom is 0.270 e. The number of thiazole rings is 1. The van der Waals surface area contributed by atoms with E-state index >= 15 is 0 Å². The zero-order chi connectivity index (χ0) is 15.9. The number of ether oxygens (including phenoxy) is 1. The fourth-order valence-electron chi connectivity index (χ4n) is 1.89. The van der Waals surface area contributed by atoms with E-state index in [4.69, 9.17) is 4.74 Å². The first-order chi connectivity index (χ1) is 10.6. The van der Waals surface area contributed by atoms with Crippen LogP contribution in [0.4, 0.5) is 5.69 Å². The van der Waals surface area contributed by atoms with E-state index < -0.39 is 11.0 Å². The summed E-state index contributed by atoms with van der Waals surface area (Å²) in [5.41, 5.74) is 1.61. The molecule has 2 rings (SSSR count). The SMILES string of the molecule is COCC(O)CNCc1csc(-c2cccc([N+](=O)[O-])c2)n1. The molecule has 1 atom stereocenters. The van der Waals surface area contributed by atoms with Gasteiger partial charge in [0.2, 0.25) is 0 Å². The third kappa shape index (κ3) is 4.57. The van der Waals surface area contributed by atoms with Crippen LogP contribution in [0.25, 0.3) is 10.6 Å². The molecule has 118 valence electrons. The van der Waals surface area contributed by atoms with Gasteiger partial charge in [0.15, 0.2) is 0 Å². The van der Waals surface area contributed by atoms with Crippen molar-refractivity contribution in [2.75, 3.05) is 20.3 Å². The van der Waals surface area contributed by atoms with Gasteiger partial charge in [-0.3, -0.25) is 10.1 Å². The summed E-state index contributed by atoms with van der Waals surface area (Å²) >= 11 is 1.43. The van der Waals surface area contributed by atoms with Gasteiger partial charge in [0.25, 0.3) is 5.69 Å². The van der Waals surface area contributed by atoms with E-state index in [-0.39, 0.29) is 12.3 Å². The topological polar surface area (TPSA) is 97.5 Å². The van der Waals surface area contributed by atoms with Crippen LogP contribution in [0, 0.1) is 10.1 Å². The quantitative estimate of drug-likeness (QED) is 0.568. The standard InChI is InChI=1S/C14H17N3O4S/c1-21-8-13(18)7-15-6-11-9-22-14(16-11)10-3-2-4-12(5-10)17(19)20/h2-5,9,13,15,18H,6-8H2,1H3. The van der Waals surface area contributed by atoms with E-state index in [1.807, 2.05) is 5.38 Å². The molecule has 0 fully saturated rings. The van der Waals surface area contributed by atoms with Crippen molar-refractivity contribution in [1.82, 2.24) is 10.3 Å². The van der Waals surface area contributed by atoms with Crippen molar-refractivity contribution in [2.24, 2.45) is 0 Å². The highest BCUT2D eigenvalue weighted by Crippen LogP contribution is 2.26. The zero-order valence-electron chi connectivity index (χ0n) is 12.1. The molecule has 2 N–H and O–H groups in total. The Morgan fingerprint density at radius 1 is 1.55 bits per heavy atom. The van der Waals surface area contributed by atoms with Crippen molar-refractivity contribution in [1.29, 1.82) is 0 Å². The van der Waals surface area contributed by atoms with E-state index in [1.54, 1.807) is 12.1 Å². The molecule has 1 aromatic carbocycles. The number of non-ortho nitro benzene ring substituents is 1. The van der Waals surface area contributed by atoms with Gasteiger partial charge in [-0.05, 0) is 0 Å². The number of methoxy groups -OCH3 is 1. The Hall–Kier alpha value is -1.87. The third-order valence-corrected chi connectivity index (χ3v) is 3.84. The molecule has 1 aromatic heterocycles. The first-order valence-electron chi connectivity index (χ1n) is 6.67. The highest BCUT2D eigenvalue weighted by atomic mass is 32.1. The fraction of sp³-hybridized carbons (Fsp3) is 0.357. The minimum absolute atomic E-state index is 0.0510. The molecule has 1 heterocycles. The van der Waals surface area contributed by atoms with Crippen molar-refractivity contribution in [3.63, 3.8) is 0 Å². The first kappa shape index (κ1) is 16.5.